The van der Waals surface area contributed by atoms with Gasteiger partial charge in [-0.05, 0) is 24.6 Å². The average molecular weight is 212 g/mol. The van der Waals surface area contributed by atoms with Crippen LogP contribution in [0.2, 0.25) is 0 Å². The highest BCUT2D eigenvalue weighted by molar-refractivity contribution is 5.48. The molecule has 0 aliphatic carbocycles. The summed E-state index contributed by atoms with van der Waals surface area (Å²) in [5.74, 6) is -0.331. The monoisotopic (exact) mass is 212 g/mol. The van der Waals surface area contributed by atoms with Gasteiger partial charge in [-0.25, -0.2) is 4.39 Å². The Morgan fingerprint density at radius 3 is 2.47 bits per heavy atom. The van der Waals surface area contributed by atoms with E-state index in [1.54, 1.807) is 38.1 Å². The number of anilines is 1. The number of nitrogens with zero attached hydrogens (tertiary/aromatic N) is 1. The van der Waals surface area contributed by atoms with Crippen molar-refractivity contribution in [3.05, 3.63) is 29.6 Å². The molecule has 0 aliphatic heterocycles. The fraction of sp³-hybridized carbons (Fsp3) is 0.455. The third-order valence-electron chi connectivity index (χ3n) is 2.42. The molecule has 84 valence electrons. The van der Waals surface area contributed by atoms with Crippen molar-refractivity contribution in [3.63, 3.8) is 0 Å². The Labute approximate surface area is 89.3 Å². The number of halogens is 1. The summed E-state index contributed by atoms with van der Waals surface area (Å²) < 4.78 is 13.6. The molecule has 0 fully saturated rings. The van der Waals surface area contributed by atoms with E-state index in [-0.39, 0.29) is 12.4 Å². The molecule has 4 heteroatoms. The maximum Gasteiger partial charge on any atom is 0.146 e. The first kappa shape index (κ1) is 11.9. The molecule has 0 radical (unpaired) electrons. The van der Waals surface area contributed by atoms with Gasteiger partial charge in [0.05, 0.1) is 17.8 Å². The fourth-order valence-electron chi connectivity index (χ4n) is 1.32. The number of nitrogens with two attached hydrogens (primary N) is 1. The Morgan fingerprint density at radius 2 is 2.07 bits per heavy atom. The smallest absolute Gasteiger partial charge is 0.146 e. The topological polar surface area (TPSA) is 49.5 Å². The van der Waals surface area contributed by atoms with Gasteiger partial charge >= 0.3 is 0 Å². The Morgan fingerprint density at radius 1 is 1.47 bits per heavy atom. The highest BCUT2D eigenvalue weighted by Crippen LogP contribution is 2.23. The molecule has 0 heterocycles. The number of aliphatic hydroxyl groups is 1. The third kappa shape index (κ3) is 2.46. The van der Waals surface area contributed by atoms with Gasteiger partial charge in [0.25, 0.3) is 0 Å². The van der Waals surface area contributed by atoms with Gasteiger partial charge in [0.15, 0.2) is 0 Å². The van der Waals surface area contributed by atoms with Crippen molar-refractivity contribution in [2.24, 2.45) is 5.73 Å². The van der Waals surface area contributed by atoms with E-state index in [0.717, 1.165) is 0 Å². The van der Waals surface area contributed by atoms with Gasteiger partial charge in [-0.15, -0.1) is 0 Å². The minimum Gasteiger partial charge on any atom is -0.394 e. The number of rotatable bonds is 3. The predicted molar refractivity (Wildman–Crippen MR) is 59.4 cm³/mol. The minimum absolute atomic E-state index is 0.215. The van der Waals surface area contributed by atoms with Crippen molar-refractivity contribution in [1.82, 2.24) is 0 Å². The van der Waals surface area contributed by atoms with E-state index in [0.29, 0.717) is 11.3 Å². The van der Waals surface area contributed by atoms with Crippen LogP contribution in [0, 0.1) is 5.82 Å². The van der Waals surface area contributed by atoms with Crippen LogP contribution in [0.5, 0.6) is 0 Å². The third-order valence-corrected chi connectivity index (χ3v) is 2.42. The first-order valence-corrected chi connectivity index (χ1v) is 4.75. The molecule has 15 heavy (non-hydrogen) atoms. The maximum absolute atomic E-state index is 13.6. The molecule has 0 bridgehead atoms. The van der Waals surface area contributed by atoms with Crippen molar-refractivity contribution in [2.45, 2.75) is 12.5 Å². The summed E-state index contributed by atoms with van der Waals surface area (Å²) >= 11 is 0. The van der Waals surface area contributed by atoms with Gasteiger partial charge in [0.2, 0.25) is 0 Å². The molecule has 1 unspecified atom stereocenters. The lowest BCUT2D eigenvalue weighted by Crippen LogP contribution is -2.37. The Bertz CT molecular complexity index is 350. The first-order valence-electron chi connectivity index (χ1n) is 4.75. The van der Waals surface area contributed by atoms with E-state index < -0.39 is 5.54 Å². The normalized spacial score (nSPS) is 14.8. The number of benzene rings is 1. The molecule has 1 aromatic carbocycles. The van der Waals surface area contributed by atoms with Crippen molar-refractivity contribution >= 4 is 5.69 Å². The molecule has 1 atom stereocenters. The first-order chi connectivity index (χ1) is 6.88. The number of hydrogen-bond acceptors (Lipinski definition) is 3. The number of aliphatic hydroxyl groups excluding tert-OH is 1. The lowest BCUT2D eigenvalue weighted by molar-refractivity contribution is 0.210. The predicted octanol–water partition coefficient (Wildman–Crippen LogP) is 1.06. The van der Waals surface area contributed by atoms with Crippen molar-refractivity contribution < 1.29 is 9.50 Å². The van der Waals surface area contributed by atoms with E-state index >= 15 is 0 Å². The molecule has 0 aliphatic rings. The standard InChI is InChI=1S/C11H17FN2O/c1-11(13,7-15)8-4-5-10(14(2)3)9(12)6-8/h4-6,15H,7,13H2,1-3H3. The summed E-state index contributed by atoms with van der Waals surface area (Å²) in [6, 6.07) is 4.76. The summed E-state index contributed by atoms with van der Waals surface area (Å²) in [5, 5.41) is 9.06. The van der Waals surface area contributed by atoms with Crippen LogP contribution in [0.1, 0.15) is 12.5 Å². The quantitative estimate of drug-likeness (QED) is 0.787. The van der Waals surface area contributed by atoms with Crippen LogP contribution in [0.4, 0.5) is 10.1 Å². The van der Waals surface area contributed by atoms with Gasteiger partial charge in [0, 0.05) is 14.1 Å². The van der Waals surface area contributed by atoms with Crippen molar-refractivity contribution in [1.29, 1.82) is 0 Å². The van der Waals surface area contributed by atoms with E-state index in [4.69, 9.17) is 10.8 Å². The van der Waals surface area contributed by atoms with Gasteiger partial charge in [0.1, 0.15) is 5.82 Å². The SMILES string of the molecule is CN(C)c1ccc(C(C)(N)CO)cc1F. The van der Waals surface area contributed by atoms with Crippen LogP contribution in [-0.4, -0.2) is 25.8 Å². The lowest BCUT2D eigenvalue weighted by Gasteiger charge is -2.23. The van der Waals surface area contributed by atoms with Crippen LogP contribution >= 0.6 is 0 Å². The Hall–Kier alpha value is -1.13. The molecule has 0 saturated carbocycles. The van der Waals surface area contributed by atoms with Crippen LogP contribution in [0.3, 0.4) is 0 Å². The molecule has 0 saturated heterocycles. The van der Waals surface area contributed by atoms with E-state index in [1.807, 2.05) is 0 Å². The molecule has 1 rings (SSSR count). The summed E-state index contributed by atoms with van der Waals surface area (Å²) in [7, 11) is 3.54. The van der Waals surface area contributed by atoms with Crippen LogP contribution in [0.15, 0.2) is 18.2 Å². The molecular weight excluding hydrogens is 195 g/mol. The Kier molecular flexibility index (Phi) is 3.31. The maximum atomic E-state index is 13.6. The Balaban J connectivity index is 3.12. The van der Waals surface area contributed by atoms with Gasteiger partial charge in [-0.3, -0.25) is 0 Å². The van der Waals surface area contributed by atoms with Gasteiger partial charge < -0.3 is 15.7 Å². The van der Waals surface area contributed by atoms with Crippen LogP contribution in [-0.2, 0) is 5.54 Å². The average Bonchev–Trinajstić information content (AvgIpc) is 2.17. The molecule has 0 spiro atoms. The highest BCUT2D eigenvalue weighted by Gasteiger charge is 2.21. The second-order valence-corrected chi connectivity index (χ2v) is 4.14. The zero-order valence-corrected chi connectivity index (χ0v) is 9.29. The minimum atomic E-state index is -0.897. The zero-order valence-electron chi connectivity index (χ0n) is 9.29. The van der Waals surface area contributed by atoms with E-state index in [2.05, 4.69) is 0 Å². The van der Waals surface area contributed by atoms with E-state index in [1.165, 1.54) is 6.07 Å². The van der Waals surface area contributed by atoms with Crippen molar-refractivity contribution in [2.75, 3.05) is 25.6 Å². The van der Waals surface area contributed by atoms with E-state index in [9.17, 15) is 4.39 Å². The summed E-state index contributed by atoms with van der Waals surface area (Å²) in [6.45, 7) is 1.45. The summed E-state index contributed by atoms with van der Waals surface area (Å²) in [4.78, 5) is 1.69. The van der Waals surface area contributed by atoms with Gasteiger partial charge in [-0.1, -0.05) is 6.07 Å². The molecular formula is C11H17FN2O. The second-order valence-electron chi connectivity index (χ2n) is 4.14. The summed E-state index contributed by atoms with van der Waals surface area (Å²) in [5.41, 5.74) is 6.00. The molecule has 3 N–H and O–H groups in total. The highest BCUT2D eigenvalue weighted by atomic mass is 19.1. The second kappa shape index (κ2) is 4.16. The summed E-state index contributed by atoms with van der Waals surface area (Å²) in [6.07, 6.45) is 0. The zero-order chi connectivity index (χ0) is 11.6. The van der Waals surface area contributed by atoms with Crippen LogP contribution in [0.25, 0.3) is 0 Å². The molecule has 0 aromatic heterocycles. The number of hydrogen-bond donors (Lipinski definition) is 2. The molecule has 1 aromatic rings. The van der Waals surface area contributed by atoms with Crippen LogP contribution < -0.4 is 10.6 Å². The van der Waals surface area contributed by atoms with Crippen molar-refractivity contribution in [3.8, 4) is 0 Å². The fourth-order valence-corrected chi connectivity index (χ4v) is 1.32. The largest absolute Gasteiger partial charge is 0.394 e. The lowest BCUT2D eigenvalue weighted by atomic mass is 9.94. The molecule has 0 amide bonds. The molecule has 3 nitrogen and oxygen atoms in total. The van der Waals surface area contributed by atoms with Gasteiger partial charge in [-0.2, -0.15) is 0 Å².